The van der Waals surface area contributed by atoms with Gasteiger partial charge in [0.15, 0.2) is 15.5 Å². The first-order chi connectivity index (χ1) is 16.2. The van der Waals surface area contributed by atoms with E-state index in [1.807, 2.05) is 45.3 Å². The Morgan fingerprint density at radius 2 is 2.09 bits per heavy atom. The number of nitrogens with one attached hydrogen (secondary N) is 1. The second kappa shape index (κ2) is 9.71. The van der Waals surface area contributed by atoms with Gasteiger partial charge in [-0.25, -0.2) is 18.1 Å². The summed E-state index contributed by atoms with van der Waals surface area (Å²) < 4.78 is 31.3. The van der Waals surface area contributed by atoms with Crippen LogP contribution in [0.5, 0.6) is 5.75 Å². The number of ether oxygens (including phenoxy) is 1. The molecule has 182 valence electrons. The summed E-state index contributed by atoms with van der Waals surface area (Å²) in [7, 11) is 2.48. The number of fused-ring (bicyclic) bond motifs is 1. The third-order valence-electron chi connectivity index (χ3n) is 6.07. The molecule has 1 unspecified atom stereocenters. The van der Waals surface area contributed by atoms with Crippen molar-refractivity contribution in [1.82, 2.24) is 25.0 Å². The minimum atomic E-state index is -3.11. The number of nitrogens with zero attached hydrogens (tertiary/aromatic N) is 4. The molecule has 34 heavy (non-hydrogen) atoms. The van der Waals surface area contributed by atoms with Crippen molar-refractivity contribution in [1.29, 1.82) is 0 Å². The van der Waals surface area contributed by atoms with Crippen molar-refractivity contribution in [3.63, 3.8) is 0 Å². The fourth-order valence-electron chi connectivity index (χ4n) is 4.34. The number of carbonyl (C=O) groups excluding carboxylic acids is 1. The number of hydrogen-bond acceptors (Lipinski definition) is 7. The highest BCUT2D eigenvalue weighted by Gasteiger charge is 2.32. The van der Waals surface area contributed by atoms with Gasteiger partial charge in [-0.3, -0.25) is 4.79 Å². The van der Waals surface area contributed by atoms with Gasteiger partial charge >= 0.3 is 0 Å². The fourth-order valence-corrected chi connectivity index (χ4v) is 6.03. The van der Waals surface area contributed by atoms with Crippen LogP contribution in [-0.2, 0) is 9.84 Å². The molecule has 2 aromatic heterocycles. The third-order valence-corrected chi connectivity index (χ3v) is 7.82. The van der Waals surface area contributed by atoms with Crippen LogP contribution in [-0.4, -0.2) is 79.8 Å². The van der Waals surface area contributed by atoms with Gasteiger partial charge in [-0.1, -0.05) is 12.1 Å². The van der Waals surface area contributed by atoms with E-state index in [1.54, 1.807) is 17.9 Å². The molecule has 4 rings (SSSR count). The van der Waals surface area contributed by atoms with Gasteiger partial charge in [0.05, 0.1) is 47.0 Å². The first-order valence-corrected chi connectivity index (χ1v) is 13.2. The summed E-state index contributed by atoms with van der Waals surface area (Å²) in [4.78, 5) is 20.2. The molecular weight excluding hydrogens is 454 g/mol. The number of methoxy groups -OCH3 is 1. The van der Waals surface area contributed by atoms with Crippen LogP contribution in [0.1, 0.15) is 34.9 Å². The van der Waals surface area contributed by atoms with E-state index in [-0.39, 0.29) is 23.5 Å². The zero-order chi connectivity index (χ0) is 24.5. The lowest BCUT2D eigenvalue weighted by Crippen LogP contribution is -2.27. The minimum Gasteiger partial charge on any atom is -0.497 e. The van der Waals surface area contributed by atoms with Crippen molar-refractivity contribution < 1.29 is 17.9 Å². The van der Waals surface area contributed by atoms with Crippen LogP contribution in [0.2, 0.25) is 0 Å². The van der Waals surface area contributed by atoms with Crippen LogP contribution in [0.4, 0.5) is 0 Å². The molecule has 0 spiro atoms. The maximum absolute atomic E-state index is 13.3. The van der Waals surface area contributed by atoms with Crippen molar-refractivity contribution in [2.24, 2.45) is 0 Å². The average Bonchev–Trinajstić information content (AvgIpc) is 3.34. The van der Waals surface area contributed by atoms with Gasteiger partial charge in [0, 0.05) is 12.1 Å². The van der Waals surface area contributed by atoms with Gasteiger partial charge < -0.3 is 15.0 Å². The Labute approximate surface area is 200 Å². The van der Waals surface area contributed by atoms with E-state index in [0.29, 0.717) is 46.7 Å². The number of sulfone groups is 1. The summed E-state index contributed by atoms with van der Waals surface area (Å²) in [5.74, 6) is 0.644. The number of rotatable bonds is 8. The summed E-state index contributed by atoms with van der Waals surface area (Å²) in [6.45, 7) is 3.25. The average molecular weight is 486 g/mol. The smallest absolute Gasteiger partial charge is 0.252 e. The van der Waals surface area contributed by atoms with Gasteiger partial charge in [0.25, 0.3) is 5.91 Å². The molecule has 1 amide bonds. The topological polar surface area (TPSA) is 106 Å². The molecule has 9 nitrogen and oxygen atoms in total. The lowest BCUT2D eigenvalue weighted by atomic mass is 10.0. The third kappa shape index (κ3) is 5.07. The number of hydrogen-bond donors (Lipinski definition) is 1. The summed E-state index contributed by atoms with van der Waals surface area (Å²) in [5.41, 5.74) is 3.07. The van der Waals surface area contributed by atoms with Crippen LogP contribution >= 0.6 is 0 Å². The normalized spacial score (nSPS) is 17.4. The zero-order valence-corrected chi connectivity index (χ0v) is 20.9. The van der Waals surface area contributed by atoms with Gasteiger partial charge in [0.2, 0.25) is 0 Å². The molecule has 1 aromatic carbocycles. The largest absolute Gasteiger partial charge is 0.497 e. The van der Waals surface area contributed by atoms with Gasteiger partial charge in [0.1, 0.15) is 5.75 Å². The van der Waals surface area contributed by atoms with Crippen molar-refractivity contribution >= 4 is 26.8 Å². The molecule has 10 heteroatoms. The summed E-state index contributed by atoms with van der Waals surface area (Å²) in [6.07, 6.45) is 1.31. The van der Waals surface area contributed by atoms with Crippen LogP contribution < -0.4 is 10.1 Å². The van der Waals surface area contributed by atoms with E-state index in [1.165, 1.54) is 0 Å². The number of aromatic nitrogens is 3. The summed E-state index contributed by atoms with van der Waals surface area (Å²) in [5, 5.41) is 8.32. The Morgan fingerprint density at radius 1 is 1.29 bits per heavy atom. The van der Waals surface area contributed by atoms with Crippen molar-refractivity contribution in [3.8, 4) is 17.0 Å². The van der Waals surface area contributed by atoms with Gasteiger partial charge in [-0.15, -0.1) is 0 Å². The Bertz CT molecular complexity index is 1320. The molecule has 1 saturated heterocycles. The maximum Gasteiger partial charge on any atom is 0.252 e. The second-order valence-corrected chi connectivity index (χ2v) is 11.2. The standard InChI is InChI=1S/C24H31N5O4S/c1-16-22-20(24(30)25-10-6-11-28(2)3)14-21(17-7-5-8-19(13-17)33-4)26-23(22)29(27-16)18-9-12-34(31,32)15-18/h5,7-8,13-14,18H,6,9-12,15H2,1-4H3,(H,25,30). The lowest BCUT2D eigenvalue weighted by Gasteiger charge is -2.13. The van der Waals surface area contributed by atoms with Crippen LogP contribution in [0.25, 0.3) is 22.3 Å². The molecule has 0 bridgehead atoms. The molecule has 1 aliphatic rings. The lowest BCUT2D eigenvalue weighted by molar-refractivity contribution is 0.0954. The number of carbonyl (C=O) groups is 1. The van der Waals surface area contributed by atoms with E-state index in [9.17, 15) is 13.2 Å². The first kappa shape index (κ1) is 24.2. The molecule has 0 radical (unpaired) electrons. The first-order valence-electron chi connectivity index (χ1n) is 11.4. The van der Waals surface area contributed by atoms with Crippen molar-refractivity contribution in [2.75, 3.05) is 45.8 Å². The molecule has 1 fully saturated rings. The molecule has 1 N–H and O–H groups in total. The number of amides is 1. The Hall–Kier alpha value is -2.98. The highest BCUT2D eigenvalue weighted by atomic mass is 32.2. The number of pyridine rings is 1. The van der Waals surface area contributed by atoms with Gasteiger partial charge in [-0.2, -0.15) is 5.10 Å². The van der Waals surface area contributed by atoms with E-state index in [0.717, 1.165) is 18.5 Å². The predicted molar refractivity (Wildman–Crippen MR) is 132 cm³/mol. The van der Waals surface area contributed by atoms with Crippen molar-refractivity contribution in [2.45, 2.75) is 25.8 Å². The molecule has 1 aliphatic heterocycles. The van der Waals surface area contributed by atoms with E-state index in [2.05, 4.69) is 15.3 Å². The molecule has 1 atom stereocenters. The monoisotopic (exact) mass is 485 g/mol. The van der Waals surface area contributed by atoms with Gasteiger partial charge in [-0.05, 0) is 58.6 Å². The predicted octanol–water partition coefficient (Wildman–Crippen LogP) is 2.46. The Kier molecular flexibility index (Phi) is 6.90. The molecule has 3 aromatic rings. The highest BCUT2D eigenvalue weighted by Crippen LogP contribution is 2.32. The minimum absolute atomic E-state index is 0.0281. The van der Waals surface area contributed by atoms with Crippen LogP contribution in [0.15, 0.2) is 30.3 Å². The number of aryl methyl sites for hydroxylation is 1. The number of benzene rings is 1. The summed E-state index contributed by atoms with van der Waals surface area (Å²) in [6, 6.07) is 8.96. The molecule has 3 heterocycles. The highest BCUT2D eigenvalue weighted by molar-refractivity contribution is 7.91. The molecule has 0 saturated carbocycles. The van der Waals surface area contributed by atoms with E-state index < -0.39 is 9.84 Å². The van der Waals surface area contributed by atoms with Crippen LogP contribution in [0.3, 0.4) is 0 Å². The zero-order valence-electron chi connectivity index (χ0n) is 20.0. The van der Waals surface area contributed by atoms with Crippen molar-refractivity contribution in [3.05, 3.63) is 41.6 Å². The SMILES string of the molecule is COc1cccc(-c2cc(C(=O)NCCCN(C)C)c3c(C)nn(C4CCS(=O)(=O)C4)c3n2)c1. The Balaban J connectivity index is 1.81. The van der Waals surface area contributed by atoms with E-state index in [4.69, 9.17) is 9.72 Å². The molecule has 0 aliphatic carbocycles. The summed E-state index contributed by atoms with van der Waals surface area (Å²) >= 11 is 0. The van der Waals surface area contributed by atoms with E-state index >= 15 is 0 Å². The van der Waals surface area contributed by atoms with Crippen LogP contribution in [0, 0.1) is 6.92 Å². The Morgan fingerprint density at radius 3 is 2.76 bits per heavy atom. The quantitative estimate of drug-likeness (QED) is 0.489. The molecular formula is C24H31N5O4S. The maximum atomic E-state index is 13.3. The second-order valence-electron chi connectivity index (χ2n) is 8.99. The fraction of sp³-hybridized carbons (Fsp3) is 0.458.